The molecular weight excluding hydrogens is 254 g/mol. The summed E-state index contributed by atoms with van der Waals surface area (Å²) in [5, 5.41) is 3.08. The molecule has 0 atom stereocenters. The van der Waals surface area contributed by atoms with Crippen LogP contribution in [0.2, 0.25) is 0 Å². The molecular formula is C15H23N3O2. The number of likely N-dealkylation sites (tertiary alicyclic amines) is 1. The van der Waals surface area contributed by atoms with Gasteiger partial charge < -0.3 is 15.0 Å². The summed E-state index contributed by atoms with van der Waals surface area (Å²) in [5.41, 5.74) is 2.41. The molecule has 5 heteroatoms. The van der Waals surface area contributed by atoms with Gasteiger partial charge in [-0.3, -0.25) is 9.78 Å². The van der Waals surface area contributed by atoms with Crippen molar-refractivity contribution in [2.24, 2.45) is 5.92 Å². The number of hydrogen-bond acceptors (Lipinski definition) is 4. The standard InChI is InChI=1S/C15H23N3O2/c1-11-8-14(16-2)13(9-17-11)15(19)18-6-4-12(5-7-18)10-20-3/h8-9,12H,4-7,10H2,1-3H3,(H,16,17). The molecule has 1 aromatic rings. The number of nitrogens with zero attached hydrogens (tertiary/aromatic N) is 2. The Morgan fingerprint density at radius 2 is 2.20 bits per heavy atom. The van der Waals surface area contributed by atoms with Gasteiger partial charge in [-0.25, -0.2) is 0 Å². The van der Waals surface area contributed by atoms with Crippen molar-refractivity contribution in [1.82, 2.24) is 9.88 Å². The van der Waals surface area contributed by atoms with Gasteiger partial charge >= 0.3 is 0 Å². The van der Waals surface area contributed by atoms with Crippen LogP contribution in [0.25, 0.3) is 0 Å². The molecule has 2 rings (SSSR count). The van der Waals surface area contributed by atoms with Gasteiger partial charge in [0.25, 0.3) is 5.91 Å². The Kier molecular flexibility index (Phi) is 4.95. The van der Waals surface area contributed by atoms with Crippen LogP contribution in [0.15, 0.2) is 12.3 Å². The quantitative estimate of drug-likeness (QED) is 0.913. The zero-order valence-corrected chi connectivity index (χ0v) is 12.5. The van der Waals surface area contributed by atoms with Crippen LogP contribution in [0.5, 0.6) is 0 Å². The molecule has 1 fully saturated rings. The van der Waals surface area contributed by atoms with Crippen molar-refractivity contribution in [3.05, 3.63) is 23.5 Å². The fourth-order valence-corrected chi connectivity index (χ4v) is 2.65. The molecule has 2 heterocycles. The molecule has 0 saturated carbocycles. The number of aromatic nitrogens is 1. The highest BCUT2D eigenvalue weighted by molar-refractivity contribution is 5.99. The fraction of sp³-hybridized carbons (Fsp3) is 0.600. The lowest BCUT2D eigenvalue weighted by Crippen LogP contribution is -2.39. The summed E-state index contributed by atoms with van der Waals surface area (Å²) in [7, 11) is 3.56. The van der Waals surface area contributed by atoms with E-state index in [1.807, 2.05) is 24.9 Å². The van der Waals surface area contributed by atoms with E-state index in [-0.39, 0.29) is 5.91 Å². The maximum atomic E-state index is 12.6. The number of anilines is 1. The first-order valence-electron chi connectivity index (χ1n) is 7.08. The Balaban J connectivity index is 2.05. The number of ether oxygens (including phenoxy) is 1. The molecule has 5 nitrogen and oxygen atoms in total. The number of hydrogen-bond donors (Lipinski definition) is 1. The molecule has 0 aliphatic carbocycles. The lowest BCUT2D eigenvalue weighted by molar-refractivity contribution is 0.0614. The molecule has 1 aliphatic rings. The number of carbonyl (C=O) groups is 1. The number of methoxy groups -OCH3 is 1. The minimum Gasteiger partial charge on any atom is -0.387 e. The zero-order valence-electron chi connectivity index (χ0n) is 12.5. The van der Waals surface area contributed by atoms with Crippen molar-refractivity contribution in [2.75, 3.05) is 39.2 Å². The first-order chi connectivity index (χ1) is 9.65. The summed E-state index contributed by atoms with van der Waals surface area (Å²) >= 11 is 0. The predicted molar refractivity (Wildman–Crippen MR) is 79.0 cm³/mol. The van der Waals surface area contributed by atoms with Crippen LogP contribution in [-0.4, -0.2) is 49.6 Å². The van der Waals surface area contributed by atoms with Crippen LogP contribution in [-0.2, 0) is 4.74 Å². The number of aryl methyl sites for hydroxylation is 1. The molecule has 0 bridgehead atoms. The smallest absolute Gasteiger partial charge is 0.257 e. The Morgan fingerprint density at radius 3 is 2.80 bits per heavy atom. The Hall–Kier alpha value is -1.62. The molecule has 0 unspecified atom stereocenters. The summed E-state index contributed by atoms with van der Waals surface area (Å²) in [6.07, 6.45) is 3.69. The molecule has 1 saturated heterocycles. The Labute approximate surface area is 120 Å². The van der Waals surface area contributed by atoms with E-state index in [9.17, 15) is 4.79 Å². The highest BCUT2D eigenvalue weighted by Gasteiger charge is 2.25. The first kappa shape index (κ1) is 14.8. The van der Waals surface area contributed by atoms with Crippen molar-refractivity contribution in [2.45, 2.75) is 19.8 Å². The highest BCUT2D eigenvalue weighted by Crippen LogP contribution is 2.22. The number of nitrogens with one attached hydrogen (secondary N) is 1. The maximum Gasteiger partial charge on any atom is 0.257 e. The third-order valence-corrected chi connectivity index (χ3v) is 3.84. The second kappa shape index (κ2) is 6.70. The first-order valence-corrected chi connectivity index (χ1v) is 7.08. The van der Waals surface area contributed by atoms with Crippen molar-refractivity contribution in [3.8, 4) is 0 Å². The third-order valence-electron chi connectivity index (χ3n) is 3.84. The van der Waals surface area contributed by atoms with Crippen LogP contribution < -0.4 is 5.32 Å². The second-order valence-corrected chi connectivity index (χ2v) is 5.31. The van der Waals surface area contributed by atoms with Crippen molar-refractivity contribution < 1.29 is 9.53 Å². The van der Waals surface area contributed by atoms with Gasteiger partial charge in [0.05, 0.1) is 11.3 Å². The van der Waals surface area contributed by atoms with Gasteiger partial charge in [0.15, 0.2) is 0 Å². The van der Waals surface area contributed by atoms with E-state index in [1.165, 1.54) is 0 Å². The van der Waals surface area contributed by atoms with E-state index in [0.29, 0.717) is 11.5 Å². The van der Waals surface area contributed by atoms with Gasteiger partial charge in [-0.15, -0.1) is 0 Å². The van der Waals surface area contributed by atoms with Gasteiger partial charge in [-0.05, 0) is 31.7 Å². The highest BCUT2D eigenvalue weighted by atomic mass is 16.5. The van der Waals surface area contributed by atoms with E-state index in [2.05, 4.69) is 10.3 Å². The summed E-state index contributed by atoms with van der Waals surface area (Å²) in [6, 6.07) is 1.91. The van der Waals surface area contributed by atoms with Crippen molar-refractivity contribution in [1.29, 1.82) is 0 Å². The van der Waals surface area contributed by atoms with Crippen molar-refractivity contribution >= 4 is 11.6 Å². The number of pyridine rings is 1. The van der Waals surface area contributed by atoms with E-state index in [4.69, 9.17) is 4.74 Å². The molecule has 1 N–H and O–H groups in total. The molecule has 0 spiro atoms. The lowest BCUT2D eigenvalue weighted by atomic mass is 9.97. The lowest BCUT2D eigenvalue weighted by Gasteiger charge is -2.32. The summed E-state index contributed by atoms with van der Waals surface area (Å²) in [5.74, 6) is 0.640. The SMILES string of the molecule is CNc1cc(C)ncc1C(=O)N1CCC(COC)CC1. The van der Waals surface area contributed by atoms with Gasteiger partial charge in [0.2, 0.25) is 0 Å². The predicted octanol–water partition coefficient (Wildman–Crippen LogP) is 1.93. The van der Waals surface area contributed by atoms with Crippen LogP contribution >= 0.6 is 0 Å². The third kappa shape index (κ3) is 3.28. The number of carbonyl (C=O) groups excluding carboxylic acids is 1. The average Bonchev–Trinajstić information content (AvgIpc) is 2.47. The largest absolute Gasteiger partial charge is 0.387 e. The summed E-state index contributed by atoms with van der Waals surface area (Å²) in [6.45, 7) is 4.30. The Morgan fingerprint density at radius 1 is 1.50 bits per heavy atom. The molecule has 1 aliphatic heterocycles. The van der Waals surface area contributed by atoms with E-state index >= 15 is 0 Å². The van der Waals surface area contributed by atoms with Gasteiger partial charge in [-0.2, -0.15) is 0 Å². The van der Waals surface area contributed by atoms with E-state index < -0.39 is 0 Å². The van der Waals surface area contributed by atoms with Crippen LogP contribution in [0, 0.1) is 12.8 Å². The number of piperidine rings is 1. The van der Waals surface area contributed by atoms with Crippen LogP contribution in [0.1, 0.15) is 28.9 Å². The maximum absolute atomic E-state index is 12.6. The monoisotopic (exact) mass is 277 g/mol. The van der Waals surface area contributed by atoms with Gasteiger partial charge in [0.1, 0.15) is 0 Å². The van der Waals surface area contributed by atoms with E-state index in [0.717, 1.165) is 43.9 Å². The molecule has 0 radical (unpaired) electrons. The fourth-order valence-electron chi connectivity index (χ4n) is 2.65. The van der Waals surface area contributed by atoms with Gasteiger partial charge in [0, 0.05) is 45.7 Å². The van der Waals surface area contributed by atoms with E-state index in [1.54, 1.807) is 13.3 Å². The Bertz CT molecular complexity index is 468. The minimum absolute atomic E-state index is 0.0673. The molecule has 110 valence electrons. The number of amides is 1. The van der Waals surface area contributed by atoms with Crippen LogP contribution in [0.3, 0.4) is 0 Å². The zero-order chi connectivity index (χ0) is 14.5. The summed E-state index contributed by atoms with van der Waals surface area (Å²) < 4.78 is 5.19. The van der Waals surface area contributed by atoms with Crippen LogP contribution in [0.4, 0.5) is 5.69 Å². The molecule has 20 heavy (non-hydrogen) atoms. The normalized spacial score (nSPS) is 16.2. The van der Waals surface area contributed by atoms with Gasteiger partial charge in [-0.1, -0.05) is 0 Å². The summed E-state index contributed by atoms with van der Waals surface area (Å²) in [4.78, 5) is 18.7. The topological polar surface area (TPSA) is 54.5 Å². The van der Waals surface area contributed by atoms with Crippen molar-refractivity contribution in [3.63, 3.8) is 0 Å². The average molecular weight is 277 g/mol. The molecule has 0 aromatic carbocycles. The molecule has 1 aromatic heterocycles. The second-order valence-electron chi connectivity index (χ2n) is 5.31. The number of rotatable bonds is 4. The minimum atomic E-state index is 0.0673. The molecule has 1 amide bonds.